The van der Waals surface area contributed by atoms with Gasteiger partial charge in [-0.1, -0.05) is 17.7 Å². The van der Waals surface area contributed by atoms with Crippen molar-refractivity contribution in [3.63, 3.8) is 0 Å². The Kier molecular flexibility index (Phi) is 7.36. The van der Waals surface area contributed by atoms with Gasteiger partial charge in [-0.25, -0.2) is 4.39 Å². The normalized spacial score (nSPS) is 16.8. The first-order chi connectivity index (χ1) is 16.2. The molecule has 2 N–H and O–H groups in total. The smallest absolute Gasteiger partial charge is 0.170 e. The summed E-state index contributed by atoms with van der Waals surface area (Å²) < 4.78 is 14.1. The lowest BCUT2D eigenvalue weighted by Gasteiger charge is -2.34. The van der Waals surface area contributed by atoms with E-state index in [1.165, 1.54) is 19.1 Å². The molecule has 1 aliphatic rings. The van der Waals surface area contributed by atoms with Crippen molar-refractivity contribution in [1.29, 1.82) is 0 Å². The lowest BCUT2D eigenvalue weighted by molar-refractivity contribution is 0.101. The van der Waals surface area contributed by atoms with Crippen LogP contribution in [0.1, 0.15) is 30.1 Å². The summed E-state index contributed by atoms with van der Waals surface area (Å²) in [4.78, 5) is 21.6. The number of phenolic OH excluding ortho intramolecular Hbond substituents is 1. The summed E-state index contributed by atoms with van der Waals surface area (Å²) in [5, 5.41) is 14.1. The Balaban J connectivity index is 1.71. The average Bonchev–Trinajstić information content (AvgIpc) is 2.81. The van der Waals surface area contributed by atoms with Crippen LogP contribution in [0.25, 0.3) is 22.0 Å². The highest BCUT2D eigenvalue weighted by Crippen LogP contribution is 2.36. The van der Waals surface area contributed by atoms with Crippen LogP contribution in [-0.4, -0.2) is 72.0 Å². The molecule has 1 aromatic heterocycles. The summed E-state index contributed by atoms with van der Waals surface area (Å²) >= 11 is 6.01. The Morgan fingerprint density at radius 2 is 2.09 bits per heavy atom. The largest absolute Gasteiger partial charge is 0.504 e. The van der Waals surface area contributed by atoms with E-state index in [9.17, 15) is 14.3 Å². The van der Waals surface area contributed by atoms with Gasteiger partial charge in [-0.15, -0.1) is 0 Å². The number of aromatic nitrogens is 1. The van der Waals surface area contributed by atoms with Crippen molar-refractivity contribution >= 4 is 34.0 Å². The molecule has 180 valence electrons. The summed E-state index contributed by atoms with van der Waals surface area (Å²) in [5.41, 5.74) is 3.28. The molecule has 2 aromatic carbocycles. The third-order valence-corrected chi connectivity index (χ3v) is 6.60. The number of hydrogen-bond donors (Lipinski definition) is 2. The molecule has 0 aliphatic carbocycles. The standard InChI is InChI=1S/C26H30ClFN4O2/c1-16(33)21-14-29-24-7-6-17(18-12-22(27)26(34)23(28)13-18)11-20(24)25(21)30-19-5-4-8-32(15-19)10-9-31(2)3/h6-7,11-14,19,34H,4-5,8-10,15H2,1-3H3,(H,29,30). The van der Waals surface area contributed by atoms with Gasteiger partial charge in [0.15, 0.2) is 17.3 Å². The molecule has 0 bridgehead atoms. The van der Waals surface area contributed by atoms with E-state index in [0.29, 0.717) is 11.1 Å². The van der Waals surface area contributed by atoms with Gasteiger partial charge in [0.1, 0.15) is 0 Å². The van der Waals surface area contributed by atoms with E-state index in [-0.39, 0.29) is 16.8 Å². The number of likely N-dealkylation sites (tertiary alicyclic amines) is 1. The van der Waals surface area contributed by atoms with Gasteiger partial charge >= 0.3 is 0 Å². The van der Waals surface area contributed by atoms with Gasteiger partial charge in [0.05, 0.1) is 21.8 Å². The number of carbonyl (C=O) groups is 1. The Morgan fingerprint density at radius 1 is 1.29 bits per heavy atom. The molecular formula is C26H30ClFN4O2. The number of nitrogens with one attached hydrogen (secondary N) is 1. The minimum absolute atomic E-state index is 0.0518. The molecule has 1 aliphatic heterocycles. The Labute approximate surface area is 204 Å². The zero-order valence-electron chi connectivity index (χ0n) is 19.7. The molecule has 8 heteroatoms. The van der Waals surface area contributed by atoms with E-state index < -0.39 is 11.6 Å². The fourth-order valence-electron chi connectivity index (χ4n) is 4.45. The minimum atomic E-state index is -0.781. The van der Waals surface area contributed by atoms with Gasteiger partial charge in [0.2, 0.25) is 0 Å². The molecule has 34 heavy (non-hydrogen) atoms. The molecule has 3 aromatic rings. The highest BCUT2D eigenvalue weighted by molar-refractivity contribution is 6.32. The number of pyridine rings is 1. The van der Waals surface area contributed by atoms with Crippen molar-refractivity contribution in [3.8, 4) is 16.9 Å². The number of likely N-dealkylation sites (N-methyl/N-ethyl adjacent to an activating group) is 1. The number of nitrogens with zero attached hydrogens (tertiary/aromatic N) is 3. The molecule has 4 rings (SSSR count). The maximum atomic E-state index is 14.1. The number of carbonyl (C=O) groups excluding carboxylic acids is 1. The minimum Gasteiger partial charge on any atom is -0.504 e. The van der Waals surface area contributed by atoms with Crippen molar-refractivity contribution < 1.29 is 14.3 Å². The van der Waals surface area contributed by atoms with Gasteiger partial charge < -0.3 is 20.2 Å². The second kappa shape index (κ2) is 10.3. The summed E-state index contributed by atoms with van der Waals surface area (Å²) in [7, 11) is 4.15. The van der Waals surface area contributed by atoms with E-state index in [1.807, 2.05) is 18.2 Å². The second-order valence-corrected chi connectivity index (χ2v) is 9.62. The maximum Gasteiger partial charge on any atom is 0.170 e. The topological polar surface area (TPSA) is 68.7 Å². The second-order valence-electron chi connectivity index (χ2n) is 9.21. The zero-order valence-corrected chi connectivity index (χ0v) is 20.5. The molecule has 0 saturated carbocycles. The fraction of sp³-hybridized carbons (Fsp3) is 0.385. The van der Waals surface area contributed by atoms with Crippen LogP contribution in [0.15, 0.2) is 36.5 Å². The van der Waals surface area contributed by atoms with Gasteiger partial charge in [-0.2, -0.15) is 0 Å². The quantitative estimate of drug-likeness (QED) is 0.458. The van der Waals surface area contributed by atoms with Crippen LogP contribution < -0.4 is 5.32 Å². The lowest BCUT2D eigenvalue weighted by atomic mass is 9.98. The number of benzene rings is 2. The molecule has 1 unspecified atom stereocenters. The molecule has 1 atom stereocenters. The van der Waals surface area contributed by atoms with Gasteiger partial charge in [-0.3, -0.25) is 9.78 Å². The number of fused-ring (bicyclic) bond motifs is 1. The number of anilines is 1. The number of phenols is 1. The fourth-order valence-corrected chi connectivity index (χ4v) is 4.66. The van der Waals surface area contributed by atoms with Crippen molar-refractivity contribution in [2.75, 3.05) is 45.6 Å². The Morgan fingerprint density at radius 3 is 2.79 bits per heavy atom. The number of hydrogen-bond acceptors (Lipinski definition) is 6. The van der Waals surface area contributed by atoms with Crippen LogP contribution in [0.5, 0.6) is 5.75 Å². The number of aromatic hydroxyl groups is 1. The first-order valence-corrected chi connectivity index (χ1v) is 11.9. The SMILES string of the molecule is CC(=O)c1cnc2ccc(-c3cc(F)c(O)c(Cl)c3)cc2c1NC1CCCN(CCN(C)C)C1. The predicted molar refractivity (Wildman–Crippen MR) is 135 cm³/mol. The molecule has 2 heterocycles. The summed E-state index contributed by atoms with van der Waals surface area (Å²) in [6.07, 6.45) is 3.72. The van der Waals surface area contributed by atoms with E-state index in [1.54, 1.807) is 6.20 Å². The molecule has 6 nitrogen and oxygen atoms in total. The highest BCUT2D eigenvalue weighted by Gasteiger charge is 2.23. The number of Topliss-reactive ketones (excluding diaryl/α,β-unsaturated/α-hetero) is 1. The van der Waals surface area contributed by atoms with Crippen LogP contribution in [-0.2, 0) is 0 Å². The Hall–Kier alpha value is -2.74. The summed E-state index contributed by atoms with van der Waals surface area (Å²) in [6, 6.07) is 8.55. The van der Waals surface area contributed by atoms with Gasteiger partial charge in [0.25, 0.3) is 0 Å². The van der Waals surface area contributed by atoms with Crippen LogP contribution in [0, 0.1) is 5.82 Å². The van der Waals surface area contributed by atoms with Crippen molar-refractivity contribution in [2.24, 2.45) is 0 Å². The Bertz CT molecular complexity index is 1190. The molecule has 0 radical (unpaired) electrons. The third-order valence-electron chi connectivity index (χ3n) is 6.31. The number of ketones is 1. The molecule has 1 saturated heterocycles. The van der Waals surface area contributed by atoms with E-state index in [2.05, 4.69) is 34.2 Å². The molecular weight excluding hydrogens is 455 g/mol. The van der Waals surface area contributed by atoms with Crippen LogP contribution in [0.4, 0.5) is 10.1 Å². The zero-order chi connectivity index (χ0) is 24.4. The third kappa shape index (κ3) is 5.32. The van der Waals surface area contributed by atoms with Gasteiger partial charge in [0, 0.05) is 37.3 Å². The molecule has 0 amide bonds. The van der Waals surface area contributed by atoms with Gasteiger partial charge in [-0.05, 0) is 75.8 Å². The average molecular weight is 485 g/mol. The lowest BCUT2D eigenvalue weighted by Crippen LogP contribution is -2.44. The van der Waals surface area contributed by atoms with Crippen LogP contribution >= 0.6 is 11.6 Å². The first kappa shape index (κ1) is 24.4. The van der Waals surface area contributed by atoms with E-state index >= 15 is 0 Å². The van der Waals surface area contributed by atoms with Crippen molar-refractivity contribution in [2.45, 2.75) is 25.8 Å². The monoisotopic (exact) mass is 484 g/mol. The van der Waals surface area contributed by atoms with E-state index in [4.69, 9.17) is 11.6 Å². The maximum absolute atomic E-state index is 14.1. The predicted octanol–water partition coefficient (Wildman–Crippen LogP) is 5.04. The van der Waals surface area contributed by atoms with Crippen LogP contribution in [0.3, 0.4) is 0 Å². The summed E-state index contributed by atoms with van der Waals surface area (Å²) in [6.45, 7) is 5.50. The number of rotatable bonds is 7. The molecule has 0 spiro atoms. The summed E-state index contributed by atoms with van der Waals surface area (Å²) in [5.74, 6) is -1.41. The van der Waals surface area contributed by atoms with Crippen molar-refractivity contribution in [3.05, 3.63) is 52.9 Å². The highest BCUT2D eigenvalue weighted by atomic mass is 35.5. The first-order valence-electron chi connectivity index (χ1n) is 11.5. The molecule has 1 fully saturated rings. The van der Waals surface area contributed by atoms with E-state index in [0.717, 1.165) is 61.2 Å². The van der Waals surface area contributed by atoms with Crippen LogP contribution in [0.2, 0.25) is 5.02 Å². The number of halogens is 2. The van der Waals surface area contributed by atoms with Crippen molar-refractivity contribution in [1.82, 2.24) is 14.8 Å². The number of piperidine rings is 1.